The number of nitrogens with one attached hydrogen (secondary N) is 1. The molecule has 0 aliphatic heterocycles. The molecule has 0 spiro atoms. The van der Waals surface area contributed by atoms with Crippen molar-refractivity contribution in [2.24, 2.45) is 0 Å². The van der Waals surface area contributed by atoms with Crippen molar-refractivity contribution in [1.82, 2.24) is 0 Å². The first-order valence-corrected chi connectivity index (χ1v) is 12.5. The highest BCUT2D eigenvalue weighted by molar-refractivity contribution is 8.00. The van der Waals surface area contributed by atoms with Crippen molar-refractivity contribution in [2.45, 2.75) is 38.3 Å². The number of amides is 1. The van der Waals surface area contributed by atoms with E-state index in [1.54, 1.807) is 0 Å². The summed E-state index contributed by atoms with van der Waals surface area (Å²) in [5.41, 5.74) is -0.305. The van der Waals surface area contributed by atoms with Crippen molar-refractivity contribution in [1.29, 1.82) is 0 Å². The largest absolute Gasteiger partial charge is 0.423 e. The van der Waals surface area contributed by atoms with Crippen LogP contribution in [0.5, 0.6) is 11.5 Å². The van der Waals surface area contributed by atoms with Gasteiger partial charge in [0.05, 0.1) is 90.9 Å². The monoisotopic (exact) mass is 589 g/mol. The molecule has 0 bridgehead atoms. The summed E-state index contributed by atoms with van der Waals surface area (Å²) in [6.45, 7) is 2.26. The van der Waals surface area contributed by atoms with Gasteiger partial charge < -0.3 is 14.8 Å². The molecule has 6 nitrogen and oxygen atoms in total. The Morgan fingerprint density at radius 1 is 0.743 bits per heavy atom. The van der Waals surface area contributed by atoms with E-state index in [9.17, 15) is 33.8 Å². The zero-order valence-electron chi connectivity index (χ0n) is 17.4. The van der Waals surface area contributed by atoms with Gasteiger partial charge in [-0.1, -0.05) is 6.07 Å². The molecule has 1 amide bonds. The molecule has 2 aromatic rings. The number of hydrogen-bond acceptors (Lipinski definition) is 10. The van der Waals surface area contributed by atoms with E-state index in [-0.39, 0.29) is 17.1 Å². The summed E-state index contributed by atoms with van der Waals surface area (Å²) in [5, 5.41) is 2.14. The maximum absolute atomic E-state index is 13.6. The van der Waals surface area contributed by atoms with Crippen molar-refractivity contribution in [3.8, 4) is 11.5 Å². The number of halogens is 5. The van der Waals surface area contributed by atoms with Crippen LogP contribution in [-0.2, 0) is 14.4 Å². The summed E-state index contributed by atoms with van der Waals surface area (Å²) in [7, 11) is 0. The predicted octanol–water partition coefficient (Wildman–Crippen LogP) is 8.07. The van der Waals surface area contributed by atoms with Gasteiger partial charge in [0, 0.05) is 19.9 Å². The van der Waals surface area contributed by atoms with Crippen molar-refractivity contribution in [2.75, 3.05) is 5.32 Å². The third-order valence-electron chi connectivity index (χ3n) is 3.82. The molecule has 2 aromatic carbocycles. The quantitative estimate of drug-likeness (QED) is 0.127. The van der Waals surface area contributed by atoms with Crippen LogP contribution in [0.4, 0.5) is 25.1 Å². The molecule has 1 N–H and O–H groups in total. The van der Waals surface area contributed by atoms with E-state index in [1.165, 1.54) is 24.3 Å². The average Bonchev–Trinajstić information content (AvgIpc) is 2.82. The molecule has 0 heterocycles. The van der Waals surface area contributed by atoms with Crippen LogP contribution in [-0.4, -0.2) is 17.8 Å². The number of ether oxygens (including phenoxy) is 2. The van der Waals surface area contributed by atoms with Gasteiger partial charge in [-0.15, -0.1) is 0 Å². The zero-order chi connectivity index (χ0) is 26.1. The Morgan fingerprint density at radius 2 is 1.20 bits per heavy atom. The first kappa shape index (κ1) is 29.2. The normalized spacial score (nSPS) is 10.9. The summed E-state index contributed by atoms with van der Waals surface area (Å²) in [6, 6.07) is 3.98. The SMILES string of the molecule is CC(=O)Oc1ccc(C=CC(=O)Nc2c(SF)c(SF)c(SF)c(SF)c2SF)cc1OC(C)=O. The molecule has 0 saturated heterocycles. The second kappa shape index (κ2) is 13.9. The maximum atomic E-state index is 13.6. The third-order valence-corrected chi connectivity index (χ3v) is 7.14. The van der Waals surface area contributed by atoms with E-state index in [4.69, 9.17) is 9.47 Å². The Bertz CT molecular complexity index is 1130. The zero-order valence-corrected chi connectivity index (χ0v) is 21.4. The Morgan fingerprint density at radius 3 is 1.66 bits per heavy atom. The highest BCUT2D eigenvalue weighted by atomic mass is 32.2. The highest BCUT2D eigenvalue weighted by Crippen LogP contribution is 2.54. The molecule has 16 heteroatoms. The number of esters is 2. The molecule has 0 fully saturated rings. The van der Waals surface area contributed by atoms with Gasteiger partial charge in [0.1, 0.15) is 0 Å². The second-order valence-electron chi connectivity index (χ2n) is 6.12. The topological polar surface area (TPSA) is 81.7 Å². The van der Waals surface area contributed by atoms with Crippen molar-refractivity contribution < 1.29 is 43.3 Å². The van der Waals surface area contributed by atoms with Gasteiger partial charge in [0.2, 0.25) is 5.91 Å². The maximum Gasteiger partial charge on any atom is 0.308 e. The molecule has 0 aliphatic carbocycles. The summed E-state index contributed by atoms with van der Waals surface area (Å²) in [4.78, 5) is 31.6. The van der Waals surface area contributed by atoms with Crippen molar-refractivity contribution >= 4 is 90.3 Å². The molecule has 2 rings (SSSR count). The lowest BCUT2D eigenvalue weighted by molar-refractivity contribution is -0.134. The van der Waals surface area contributed by atoms with E-state index in [0.29, 0.717) is 0 Å². The van der Waals surface area contributed by atoms with Gasteiger partial charge in [-0.05, 0) is 23.8 Å². The number of rotatable bonds is 10. The smallest absolute Gasteiger partial charge is 0.308 e. The van der Waals surface area contributed by atoms with Gasteiger partial charge >= 0.3 is 11.9 Å². The molecule has 0 atom stereocenters. The molecule has 0 saturated carbocycles. The van der Waals surface area contributed by atoms with Crippen LogP contribution < -0.4 is 14.8 Å². The van der Waals surface area contributed by atoms with Crippen LogP contribution >= 0.6 is 60.7 Å². The number of carbonyl (C=O) groups is 3. The van der Waals surface area contributed by atoms with E-state index in [2.05, 4.69) is 5.32 Å². The first-order valence-electron chi connectivity index (χ1n) is 8.87. The van der Waals surface area contributed by atoms with Gasteiger partial charge in [-0.3, -0.25) is 14.4 Å². The third kappa shape index (κ3) is 7.49. The molecular formula is C19H12F5NO5S5. The Labute approximate surface area is 218 Å². The Balaban J connectivity index is 2.43. The second-order valence-corrected chi connectivity index (χ2v) is 8.94. The average molecular weight is 590 g/mol. The molecule has 0 aliphatic rings. The fraction of sp³-hybridized carbons (Fsp3) is 0.105. The van der Waals surface area contributed by atoms with E-state index in [0.717, 1.165) is 19.9 Å². The minimum atomic E-state index is -0.959. The summed E-state index contributed by atoms with van der Waals surface area (Å²) < 4.78 is 77.3. The molecule has 0 unspecified atom stereocenters. The molecule has 35 heavy (non-hydrogen) atoms. The fourth-order valence-corrected chi connectivity index (χ4v) is 5.40. The first-order chi connectivity index (χ1) is 16.7. The van der Waals surface area contributed by atoms with Gasteiger partial charge in [0.15, 0.2) is 11.5 Å². The number of hydrogen-bond donors (Lipinski definition) is 1. The molecular weight excluding hydrogens is 578 g/mol. The lowest BCUT2D eigenvalue weighted by Gasteiger charge is -2.17. The van der Waals surface area contributed by atoms with E-state index in [1.807, 2.05) is 0 Å². The van der Waals surface area contributed by atoms with Crippen LogP contribution in [0.2, 0.25) is 0 Å². The lowest BCUT2D eigenvalue weighted by Crippen LogP contribution is -2.11. The van der Waals surface area contributed by atoms with Crippen molar-refractivity contribution in [3.63, 3.8) is 0 Å². The Kier molecular flexibility index (Phi) is 11.6. The molecule has 0 radical (unpaired) electrons. The van der Waals surface area contributed by atoms with Crippen molar-refractivity contribution in [3.05, 3.63) is 29.8 Å². The minimum absolute atomic E-state index is 0.0538. The summed E-state index contributed by atoms with van der Waals surface area (Å²) in [6.07, 6.45) is 2.13. The van der Waals surface area contributed by atoms with Crippen LogP contribution in [0.1, 0.15) is 19.4 Å². The van der Waals surface area contributed by atoms with Gasteiger partial charge in [-0.25, -0.2) is 0 Å². The summed E-state index contributed by atoms with van der Waals surface area (Å²) in [5.74, 6) is -2.50. The lowest BCUT2D eigenvalue weighted by atomic mass is 10.2. The van der Waals surface area contributed by atoms with Gasteiger partial charge in [-0.2, -0.15) is 19.4 Å². The fourth-order valence-electron chi connectivity index (χ4n) is 2.55. The van der Waals surface area contributed by atoms with Crippen LogP contribution in [0.15, 0.2) is 48.8 Å². The standard InChI is InChI=1S/C19H12F5NO5S5/c1-8(26)29-11-5-3-10(7-12(11)30-9(2)27)4-6-13(28)25-14-15(31-20)17(33-22)19(35-24)18(34-23)16(14)32-21/h3-7H,1-2H3,(H,25,28). The molecule has 188 valence electrons. The van der Waals surface area contributed by atoms with E-state index < -0.39 is 109 Å². The van der Waals surface area contributed by atoms with Crippen LogP contribution in [0.3, 0.4) is 0 Å². The summed E-state index contributed by atoms with van der Waals surface area (Å²) >= 11 is -2.97. The number of anilines is 1. The molecule has 0 aromatic heterocycles. The Hall–Kier alpha value is -2.01. The van der Waals surface area contributed by atoms with Crippen LogP contribution in [0, 0.1) is 0 Å². The highest BCUT2D eigenvalue weighted by Gasteiger charge is 2.29. The predicted molar refractivity (Wildman–Crippen MR) is 128 cm³/mol. The van der Waals surface area contributed by atoms with E-state index >= 15 is 0 Å². The van der Waals surface area contributed by atoms with Gasteiger partial charge in [0.25, 0.3) is 0 Å². The minimum Gasteiger partial charge on any atom is -0.423 e. The number of benzene rings is 2. The number of carbonyl (C=O) groups excluding carboxylic acids is 3. The van der Waals surface area contributed by atoms with Crippen LogP contribution in [0.25, 0.3) is 6.08 Å².